The highest BCUT2D eigenvalue weighted by Gasteiger charge is 2.10. The lowest BCUT2D eigenvalue weighted by atomic mass is 10.1. The molecule has 0 aliphatic carbocycles. The SMILES string of the molecule is Cc1cc(C(=O)Nc2ccc(CCO)cc2)sc1C. The van der Waals surface area contributed by atoms with Crippen LogP contribution in [0.1, 0.15) is 25.7 Å². The predicted molar refractivity (Wildman–Crippen MR) is 79.0 cm³/mol. The van der Waals surface area contributed by atoms with Crippen molar-refractivity contribution in [3.8, 4) is 0 Å². The second kappa shape index (κ2) is 5.99. The van der Waals surface area contributed by atoms with Crippen molar-refractivity contribution < 1.29 is 9.90 Å². The molecular weight excluding hydrogens is 258 g/mol. The van der Waals surface area contributed by atoms with Crippen LogP contribution in [0.2, 0.25) is 0 Å². The van der Waals surface area contributed by atoms with Crippen LogP contribution in [0.25, 0.3) is 0 Å². The van der Waals surface area contributed by atoms with Crippen LogP contribution in [0, 0.1) is 13.8 Å². The molecule has 1 aromatic carbocycles. The smallest absolute Gasteiger partial charge is 0.265 e. The number of nitrogens with one attached hydrogen (secondary N) is 1. The van der Waals surface area contributed by atoms with Crippen LogP contribution in [0.4, 0.5) is 5.69 Å². The molecular formula is C15H17NO2S. The summed E-state index contributed by atoms with van der Waals surface area (Å²) in [6, 6.07) is 9.45. The molecule has 0 unspecified atom stereocenters. The summed E-state index contributed by atoms with van der Waals surface area (Å²) in [7, 11) is 0. The topological polar surface area (TPSA) is 49.3 Å². The van der Waals surface area contributed by atoms with Crippen molar-refractivity contribution in [1.29, 1.82) is 0 Å². The third-order valence-electron chi connectivity index (χ3n) is 3.00. The first-order valence-electron chi connectivity index (χ1n) is 6.18. The van der Waals surface area contributed by atoms with E-state index in [0.29, 0.717) is 6.42 Å². The summed E-state index contributed by atoms with van der Waals surface area (Å²) in [6.07, 6.45) is 0.636. The molecule has 2 aromatic rings. The van der Waals surface area contributed by atoms with E-state index >= 15 is 0 Å². The van der Waals surface area contributed by atoms with Gasteiger partial charge in [0.05, 0.1) is 4.88 Å². The van der Waals surface area contributed by atoms with E-state index in [4.69, 9.17) is 5.11 Å². The number of amides is 1. The highest BCUT2D eigenvalue weighted by Crippen LogP contribution is 2.21. The van der Waals surface area contributed by atoms with Gasteiger partial charge in [0.1, 0.15) is 0 Å². The molecule has 0 bridgehead atoms. The Kier molecular flexibility index (Phi) is 4.35. The maximum Gasteiger partial charge on any atom is 0.265 e. The number of anilines is 1. The normalized spacial score (nSPS) is 10.5. The summed E-state index contributed by atoms with van der Waals surface area (Å²) in [6.45, 7) is 4.16. The summed E-state index contributed by atoms with van der Waals surface area (Å²) in [5.74, 6) is -0.0730. The number of carbonyl (C=O) groups is 1. The molecule has 0 saturated carbocycles. The Balaban J connectivity index is 2.06. The Bertz CT molecular complexity index is 553. The van der Waals surface area contributed by atoms with E-state index in [-0.39, 0.29) is 12.5 Å². The Morgan fingerprint density at radius 3 is 2.47 bits per heavy atom. The number of rotatable bonds is 4. The van der Waals surface area contributed by atoms with Gasteiger partial charge in [-0.3, -0.25) is 4.79 Å². The molecule has 0 aliphatic heterocycles. The lowest BCUT2D eigenvalue weighted by molar-refractivity contribution is 0.103. The fraction of sp³-hybridized carbons (Fsp3) is 0.267. The number of aryl methyl sites for hydroxylation is 2. The molecule has 2 rings (SSSR count). The summed E-state index contributed by atoms with van der Waals surface area (Å²) in [5, 5.41) is 11.7. The second-order valence-corrected chi connectivity index (χ2v) is 5.73. The highest BCUT2D eigenvalue weighted by molar-refractivity contribution is 7.14. The minimum atomic E-state index is -0.0730. The third kappa shape index (κ3) is 3.43. The molecule has 1 heterocycles. The van der Waals surface area contributed by atoms with Crippen molar-refractivity contribution in [2.24, 2.45) is 0 Å². The molecule has 0 radical (unpaired) electrons. The van der Waals surface area contributed by atoms with Gasteiger partial charge < -0.3 is 10.4 Å². The first kappa shape index (κ1) is 13.8. The van der Waals surface area contributed by atoms with Crippen LogP contribution < -0.4 is 5.32 Å². The molecule has 0 saturated heterocycles. The van der Waals surface area contributed by atoms with Gasteiger partial charge in [-0.1, -0.05) is 12.1 Å². The van der Waals surface area contributed by atoms with E-state index < -0.39 is 0 Å². The lowest BCUT2D eigenvalue weighted by Crippen LogP contribution is -2.10. The summed E-state index contributed by atoms with van der Waals surface area (Å²) >= 11 is 1.51. The lowest BCUT2D eigenvalue weighted by Gasteiger charge is -2.04. The summed E-state index contributed by atoms with van der Waals surface area (Å²) in [4.78, 5) is 14.0. The largest absolute Gasteiger partial charge is 0.396 e. The van der Waals surface area contributed by atoms with Gasteiger partial charge in [0.15, 0.2) is 0 Å². The van der Waals surface area contributed by atoms with E-state index in [1.54, 1.807) is 0 Å². The Morgan fingerprint density at radius 1 is 1.26 bits per heavy atom. The van der Waals surface area contributed by atoms with Crippen LogP contribution in [-0.2, 0) is 6.42 Å². The fourth-order valence-corrected chi connectivity index (χ4v) is 2.69. The number of hydrogen-bond acceptors (Lipinski definition) is 3. The predicted octanol–water partition coefficient (Wildman–Crippen LogP) is 3.15. The zero-order valence-electron chi connectivity index (χ0n) is 11.1. The van der Waals surface area contributed by atoms with E-state index in [0.717, 1.165) is 21.7 Å². The van der Waals surface area contributed by atoms with Gasteiger partial charge in [-0.05, 0) is 49.6 Å². The molecule has 0 atom stereocenters. The molecule has 1 amide bonds. The van der Waals surface area contributed by atoms with Crippen molar-refractivity contribution in [3.63, 3.8) is 0 Å². The van der Waals surface area contributed by atoms with E-state index in [9.17, 15) is 4.79 Å². The van der Waals surface area contributed by atoms with Gasteiger partial charge in [0.2, 0.25) is 0 Å². The van der Waals surface area contributed by atoms with Crippen LogP contribution in [0.3, 0.4) is 0 Å². The molecule has 0 aliphatic rings. The number of aliphatic hydroxyl groups is 1. The molecule has 0 spiro atoms. The monoisotopic (exact) mass is 275 g/mol. The van der Waals surface area contributed by atoms with Gasteiger partial charge >= 0.3 is 0 Å². The molecule has 3 nitrogen and oxygen atoms in total. The minimum absolute atomic E-state index is 0.0730. The number of thiophene rings is 1. The van der Waals surface area contributed by atoms with Crippen LogP contribution in [0.5, 0.6) is 0 Å². The van der Waals surface area contributed by atoms with E-state index in [1.807, 2.05) is 44.2 Å². The van der Waals surface area contributed by atoms with Gasteiger partial charge in [-0.2, -0.15) is 0 Å². The van der Waals surface area contributed by atoms with Crippen molar-refractivity contribution in [3.05, 3.63) is 51.2 Å². The highest BCUT2D eigenvalue weighted by atomic mass is 32.1. The molecule has 2 N–H and O–H groups in total. The molecule has 1 aromatic heterocycles. The maximum absolute atomic E-state index is 12.0. The van der Waals surface area contributed by atoms with Crippen molar-refractivity contribution in [2.45, 2.75) is 20.3 Å². The first-order valence-corrected chi connectivity index (χ1v) is 7.00. The van der Waals surface area contributed by atoms with Crippen LogP contribution in [0.15, 0.2) is 30.3 Å². The quantitative estimate of drug-likeness (QED) is 0.900. The Morgan fingerprint density at radius 2 is 1.95 bits per heavy atom. The number of aliphatic hydroxyl groups excluding tert-OH is 1. The number of benzene rings is 1. The van der Waals surface area contributed by atoms with Gasteiger partial charge in [-0.15, -0.1) is 11.3 Å². The summed E-state index contributed by atoms with van der Waals surface area (Å²) < 4.78 is 0. The zero-order valence-corrected chi connectivity index (χ0v) is 11.9. The number of carbonyl (C=O) groups excluding carboxylic acids is 1. The van der Waals surface area contributed by atoms with Crippen LogP contribution in [-0.4, -0.2) is 17.6 Å². The maximum atomic E-state index is 12.0. The Hall–Kier alpha value is -1.65. The molecule has 0 fully saturated rings. The van der Waals surface area contributed by atoms with Crippen molar-refractivity contribution in [1.82, 2.24) is 0 Å². The zero-order chi connectivity index (χ0) is 13.8. The third-order valence-corrected chi connectivity index (χ3v) is 4.15. The number of hydrogen-bond donors (Lipinski definition) is 2. The summed E-state index contributed by atoms with van der Waals surface area (Å²) in [5.41, 5.74) is 2.98. The molecule has 4 heteroatoms. The standard InChI is InChI=1S/C15H17NO2S/c1-10-9-14(19-11(10)2)15(18)16-13-5-3-12(4-6-13)7-8-17/h3-6,9,17H,7-8H2,1-2H3,(H,16,18). The molecule has 19 heavy (non-hydrogen) atoms. The average molecular weight is 275 g/mol. The second-order valence-electron chi connectivity index (χ2n) is 4.47. The van der Waals surface area contributed by atoms with Gasteiger partial charge in [-0.25, -0.2) is 0 Å². The average Bonchev–Trinajstić information content (AvgIpc) is 2.72. The molecule has 100 valence electrons. The Labute approximate surface area is 116 Å². The fourth-order valence-electron chi connectivity index (χ4n) is 1.76. The minimum Gasteiger partial charge on any atom is -0.396 e. The van der Waals surface area contributed by atoms with Crippen molar-refractivity contribution >= 4 is 22.9 Å². The first-order chi connectivity index (χ1) is 9.10. The van der Waals surface area contributed by atoms with E-state index in [2.05, 4.69) is 5.32 Å². The van der Waals surface area contributed by atoms with E-state index in [1.165, 1.54) is 16.2 Å². The van der Waals surface area contributed by atoms with Gasteiger partial charge in [0.25, 0.3) is 5.91 Å². The van der Waals surface area contributed by atoms with Crippen molar-refractivity contribution in [2.75, 3.05) is 11.9 Å². The van der Waals surface area contributed by atoms with Crippen LogP contribution >= 0.6 is 11.3 Å². The van der Waals surface area contributed by atoms with Gasteiger partial charge in [0, 0.05) is 17.2 Å².